The number of carbonyl (C=O) groups is 2. The fraction of sp³-hybridized carbons (Fsp3) is 0.522. The monoisotopic (exact) mass is 439 g/mol. The summed E-state index contributed by atoms with van der Waals surface area (Å²) in [6, 6.07) is 4.98. The van der Waals surface area contributed by atoms with E-state index in [4.69, 9.17) is 4.74 Å². The van der Waals surface area contributed by atoms with Gasteiger partial charge in [0.1, 0.15) is 11.9 Å². The Morgan fingerprint density at radius 2 is 2.00 bits per heavy atom. The molecule has 2 aromatic heterocycles. The molecule has 0 radical (unpaired) electrons. The van der Waals surface area contributed by atoms with E-state index in [0.717, 1.165) is 49.8 Å². The van der Waals surface area contributed by atoms with Crippen LogP contribution < -0.4 is 10.9 Å². The minimum atomic E-state index is -0.788. The summed E-state index contributed by atoms with van der Waals surface area (Å²) in [7, 11) is 0. The van der Waals surface area contributed by atoms with Crippen molar-refractivity contribution in [2.75, 3.05) is 11.9 Å². The number of esters is 1. The van der Waals surface area contributed by atoms with E-state index >= 15 is 0 Å². The molecule has 1 aliphatic rings. The van der Waals surface area contributed by atoms with Crippen molar-refractivity contribution in [3.05, 3.63) is 45.0 Å². The fourth-order valence-corrected chi connectivity index (χ4v) is 4.10. The van der Waals surface area contributed by atoms with E-state index in [1.807, 2.05) is 25.3 Å². The molecule has 0 aromatic carbocycles. The maximum atomic E-state index is 12.6. The summed E-state index contributed by atoms with van der Waals surface area (Å²) in [5.74, 6) is -0.864. The van der Waals surface area contributed by atoms with E-state index in [2.05, 4.69) is 16.5 Å². The minimum absolute atomic E-state index is 0.0350. The molecule has 2 aromatic rings. The zero-order chi connectivity index (χ0) is 23.3. The van der Waals surface area contributed by atoms with Crippen molar-refractivity contribution in [2.45, 2.75) is 71.9 Å². The van der Waals surface area contributed by atoms with Crippen molar-refractivity contribution >= 4 is 17.7 Å². The number of hydrogen-bond donors (Lipinski definition) is 1. The number of carbonyl (C=O) groups excluding carboxylic acids is 2. The zero-order valence-electron chi connectivity index (χ0n) is 18.8. The van der Waals surface area contributed by atoms with Gasteiger partial charge in [-0.3, -0.25) is 9.59 Å². The highest BCUT2D eigenvalue weighted by Gasteiger charge is 2.27. The van der Waals surface area contributed by atoms with E-state index in [9.17, 15) is 19.6 Å². The molecule has 2 heterocycles. The summed E-state index contributed by atoms with van der Waals surface area (Å²) in [5, 5.41) is 16.4. The third kappa shape index (κ3) is 4.90. The minimum Gasteiger partial charge on any atom is -0.451 e. The van der Waals surface area contributed by atoms with E-state index < -0.39 is 18.5 Å². The smallest absolute Gasteiger partial charge is 0.359 e. The molecule has 1 fully saturated rings. The van der Waals surface area contributed by atoms with Crippen molar-refractivity contribution < 1.29 is 14.3 Å². The van der Waals surface area contributed by atoms with Gasteiger partial charge in [0.25, 0.3) is 11.5 Å². The van der Waals surface area contributed by atoms with Gasteiger partial charge in [-0.2, -0.15) is 10.4 Å². The van der Waals surface area contributed by atoms with E-state index in [0.29, 0.717) is 17.9 Å². The van der Waals surface area contributed by atoms with Crippen molar-refractivity contribution in [3.8, 4) is 6.07 Å². The number of hydrogen-bond acceptors (Lipinski definition) is 6. The molecule has 1 aliphatic carbocycles. The largest absolute Gasteiger partial charge is 0.451 e. The van der Waals surface area contributed by atoms with Crippen molar-refractivity contribution in [2.24, 2.45) is 0 Å². The normalized spacial score (nSPS) is 13.7. The molecule has 0 bridgehead atoms. The molecular weight excluding hydrogens is 410 g/mol. The second-order valence-electron chi connectivity index (χ2n) is 8.11. The Balaban J connectivity index is 1.70. The highest BCUT2D eigenvalue weighted by atomic mass is 16.5. The van der Waals surface area contributed by atoms with Crippen LogP contribution in [0.3, 0.4) is 0 Å². The molecular formula is C23H29N5O4. The van der Waals surface area contributed by atoms with Gasteiger partial charge in [-0.15, -0.1) is 0 Å². The Bertz CT molecular complexity index is 1100. The SMILES string of the molecule is CCCCn1nc(C(=O)OCC(=O)Nc2c(C#N)c(C)c(C)n2C2CCCC2)ccc1=O. The second kappa shape index (κ2) is 10.3. The zero-order valence-corrected chi connectivity index (χ0v) is 18.8. The van der Waals surface area contributed by atoms with E-state index in [-0.39, 0.29) is 17.3 Å². The number of unbranched alkanes of at least 4 members (excludes halogenated alkanes) is 1. The lowest BCUT2D eigenvalue weighted by atomic mass is 10.2. The Kier molecular flexibility index (Phi) is 7.46. The number of aromatic nitrogens is 3. The van der Waals surface area contributed by atoms with Gasteiger partial charge in [0.05, 0.1) is 5.56 Å². The lowest BCUT2D eigenvalue weighted by Crippen LogP contribution is -2.27. The average Bonchev–Trinajstić information content (AvgIpc) is 3.38. The fourth-order valence-electron chi connectivity index (χ4n) is 4.10. The Hall–Kier alpha value is -3.41. The van der Waals surface area contributed by atoms with Crippen molar-refractivity contribution in [1.29, 1.82) is 5.26 Å². The average molecular weight is 440 g/mol. The van der Waals surface area contributed by atoms with Crippen molar-refractivity contribution in [3.63, 3.8) is 0 Å². The molecule has 1 saturated carbocycles. The number of nitrogens with zero attached hydrogens (tertiary/aromatic N) is 4. The number of anilines is 1. The van der Waals surface area contributed by atoms with Gasteiger partial charge in [0.15, 0.2) is 12.3 Å². The van der Waals surface area contributed by atoms with Gasteiger partial charge in [0.2, 0.25) is 0 Å². The maximum Gasteiger partial charge on any atom is 0.359 e. The van der Waals surface area contributed by atoms with Crippen LogP contribution in [-0.4, -0.2) is 32.8 Å². The molecule has 3 rings (SSSR count). The van der Waals surface area contributed by atoms with Gasteiger partial charge in [-0.25, -0.2) is 9.48 Å². The van der Waals surface area contributed by atoms with Crippen LogP contribution in [0.1, 0.15) is 78.8 Å². The number of ether oxygens (including phenoxy) is 1. The summed E-state index contributed by atoms with van der Waals surface area (Å²) in [6.45, 7) is 5.70. The van der Waals surface area contributed by atoms with Crippen LogP contribution in [0.4, 0.5) is 5.82 Å². The van der Waals surface area contributed by atoms with Gasteiger partial charge >= 0.3 is 5.97 Å². The maximum absolute atomic E-state index is 12.6. The highest BCUT2D eigenvalue weighted by Crippen LogP contribution is 2.37. The number of rotatable bonds is 8. The third-order valence-corrected chi connectivity index (χ3v) is 5.95. The summed E-state index contributed by atoms with van der Waals surface area (Å²) >= 11 is 0. The van der Waals surface area contributed by atoms with Crippen LogP contribution in [0.15, 0.2) is 16.9 Å². The Morgan fingerprint density at radius 3 is 2.66 bits per heavy atom. The molecule has 9 nitrogen and oxygen atoms in total. The molecule has 0 spiro atoms. The van der Waals surface area contributed by atoms with Gasteiger partial charge in [-0.05, 0) is 44.7 Å². The summed E-state index contributed by atoms with van der Waals surface area (Å²) in [6.07, 6.45) is 5.86. The molecule has 0 aliphatic heterocycles. The predicted octanol–water partition coefficient (Wildman–Crippen LogP) is 3.24. The standard InChI is InChI=1S/C23H29N5O4/c1-4-5-12-27-21(30)11-10-19(26-27)23(31)32-14-20(29)25-22-18(13-24)15(2)16(3)28(22)17-8-6-7-9-17/h10-11,17H,4-9,12,14H2,1-3H3,(H,25,29). The van der Waals surface area contributed by atoms with Crippen LogP contribution in [0, 0.1) is 25.2 Å². The first-order valence-electron chi connectivity index (χ1n) is 11.0. The number of nitriles is 1. The van der Waals surface area contributed by atoms with Crippen LogP contribution >= 0.6 is 0 Å². The molecule has 1 N–H and O–H groups in total. The Morgan fingerprint density at radius 1 is 1.28 bits per heavy atom. The molecule has 32 heavy (non-hydrogen) atoms. The summed E-state index contributed by atoms with van der Waals surface area (Å²) in [4.78, 5) is 36.8. The molecule has 1 amide bonds. The van der Waals surface area contributed by atoms with E-state index in [1.165, 1.54) is 16.8 Å². The first kappa shape index (κ1) is 23.3. The predicted molar refractivity (Wildman–Crippen MR) is 118 cm³/mol. The molecule has 0 saturated heterocycles. The van der Waals surface area contributed by atoms with Gasteiger partial charge < -0.3 is 14.6 Å². The van der Waals surface area contributed by atoms with Crippen LogP contribution in [-0.2, 0) is 16.1 Å². The van der Waals surface area contributed by atoms with Crippen LogP contribution in [0.2, 0.25) is 0 Å². The number of nitrogens with one attached hydrogen (secondary N) is 1. The first-order chi connectivity index (χ1) is 15.4. The third-order valence-electron chi connectivity index (χ3n) is 5.95. The highest BCUT2D eigenvalue weighted by molar-refractivity contribution is 5.95. The number of aryl methyl sites for hydroxylation is 1. The van der Waals surface area contributed by atoms with E-state index in [1.54, 1.807) is 0 Å². The van der Waals surface area contributed by atoms with Gasteiger partial charge in [-0.1, -0.05) is 26.2 Å². The first-order valence-corrected chi connectivity index (χ1v) is 11.0. The lowest BCUT2D eigenvalue weighted by Gasteiger charge is -2.19. The van der Waals surface area contributed by atoms with Crippen LogP contribution in [0.25, 0.3) is 0 Å². The second-order valence-corrected chi connectivity index (χ2v) is 8.11. The molecule has 170 valence electrons. The van der Waals surface area contributed by atoms with Gasteiger partial charge in [0, 0.05) is 24.3 Å². The number of amides is 1. The topological polar surface area (TPSA) is 119 Å². The lowest BCUT2D eigenvalue weighted by molar-refractivity contribution is -0.119. The van der Waals surface area contributed by atoms with Crippen LogP contribution in [0.5, 0.6) is 0 Å². The summed E-state index contributed by atoms with van der Waals surface area (Å²) in [5.41, 5.74) is 1.89. The molecule has 0 atom stereocenters. The van der Waals surface area contributed by atoms with Crippen molar-refractivity contribution in [1.82, 2.24) is 14.3 Å². The summed E-state index contributed by atoms with van der Waals surface area (Å²) < 4.78 is 8.37. The molecule has 0 unspecified atom stereocenters. The Labute approximate surface area is 187 Å². The molecule has 9 heteroatoms. The quantitative estimate of drug-likeness (QED) is 0.631.